The van der Waals surface area contributed by atoms with Crippen LogP contribution in [0.5, 0.6) is 0 Å². The van der Waals surface area contributed by atoms with Gasteiger partial charge in [0.15, 0.2) is 0 Å². The molecule has 1 amide bonds. The molecule has 0 saturated carbocycles. The summed E-state index contributed by atoms with van der Waals surface area (Å²) in [5.74, 6) is -0.194. The number of quaternary nitrogens is 1. The van der Waals surface area contributed by atoms with Crippen molar-refractivity contribution in [1.82, 2.24) is 5.32 Å². The maximum Gasteiger partial charge on any atom is 0.472 e. The van der Waals surface area contributed by atoms with Crippen molar-refractivity contribution in [3.8, 4) is 0 Å². The van der Waals surface area contributed by atoms with Gasteiger partial charge in [0.1, 0.15) is 13.2 Å². The molecular weight excluding hydrogens is 888 g/mol. The molecule has 0 heterocycles. The number of carbonyl (C=O) groups excluding carboxylic acids is 1. The van der Waals surface area contributed by atoms with Gasteiger partial charge in [0, 0.05) is 6.42 Å². The molecule has 0 aliphatic rings. The third kappa shape index (κ3) is 53.2. The van der Waals surface area contributed by atoms with E-state index in [1.54, 1.807) is 6.08 Å². The number of unbranched alkanes of at least 4 members (excludes halogenated alkanes) is 24. The fourth-order valence-electron chi connectivity index (χ4n) is 7.81. The fraction of sp³-hybridized carbons (Fsp3) is 0.721. The minimum atomic E-state index is -4.36. The van der Waals surface area contributed by atoms with Crippen LogP contribution in [0.2, 0.25) is 0 Å². The van der Waals surface area contributed by atoms with Gasteiger partial charge in [0.25, 0.3) is 0 Å². The second-order valence-corrected chi connectivity index (χ2v) is 21.7. The Bertz CT molecular complexity index is 1460. The number of aliphatic hydroxyl groups is 1. The van der Waals surface area contributed by atoms with Crippen LogP contribution in [0.25, 0.3) is 0 Å². The molecule has 0 aliphatic heterocycles. The molecule has 0 spiro atoms. The molecule has 0 radical (unpaired) electrons. The summed E-state index contributed by atoms with van der Waals surface area (Å²) in [6.45, 7) is 4.66. The van der Waals surface area contributed by atoms with E-state index in [1.165, 1.54) is 135 Å². The van der Waals surface area contributed by atoms with Crippen LogP contribution in [0.4, 0.5) is 0 Å². The van der Waals surface area contributed by atoms with Crippen molar-refractivity contribution in [3.63, 3.8) is 0 Å². The molecule has 9 heteroatoms. The van der Waals surface area contributed by atoms with Crippen LogP contribution in [0.1, 0.15) is 232 Å². The molecule has 0 bridgehead atoms. The van der Waals surface area contributed by atoms with Gasteiger partial charge in [-0.15, -0.1) is 0 Å². The Labute approximate surface area is 432 Å². The Morgan fingerprint density at radius 3 is 1.31 bits per heavy atom. The van der Waals surface area contributed by atoms with E-state index in [0.29, 0.717) is 17.4 Å². The first kappa shape index (κ1) is 67.4. The zero-order chi connectivity index (χ0) is 51.3. The number of nitrogens with zero attached hydrogens (tertiary/aromatic N) is 1. The van der Waals surface area contributed by atoms with E-state index >= 15 is 0 Å². The van der Waals surface area contributed by atoms with E-state index < -0.39 is 20.0 Å². The lowest BCUT2D eigenvalue weighted by atomic mass is 10.0. The first-order valence-corrected chi connectivity index (χ1v) is 30.1. The van der Waals surface area contributed by atoms with Crippen LogP contribution in [-0.4, -0.2) is 73.4 Å². The molecule has 0 fully saturated rings. The molecule has 0 aromatic rings. The number of rotatable bonds is 51. The monoisotopic (exact) mass is 998 g/mol. The number of nitrogens with one attached hydrogen (secondary N) is 1. The third-order valence-corrected chi connectivity index (χ3v) is 13.2. The van der Waals surface area contributed by atoms with Crippen molar-refractivity contribution in [2.45, 2.75) is 244 Å². The molecule has 70 heavy (non-hydrogen) atoms. The summed E-state index contributed by atoms with van der Waals surface area (Å²) in [5.41, 5.74) is 0. The molecule has 0 saturated heterocycles. The van der Waals surface area contributed by atoms with Gasteiger partial charge in [-0.1, -0.05) is 233 Å². The van der Waals surface area contributed by atoms with Crippen molar-refractivity contribution >= 4 is 13.7 Å². The molecule has 3 N–H and O–H groups in total. The first-order valence-electron chi connectivity index (χ1n) is 28.6. The maximum absolute atomic E-state index is 13.0. The Balaban J connectivity index is 4.19. The summed E-state index contributed by atoms with van der Waals surface area (Å²) in [7, 11) is 1.54. The van der Waals surface area contributed by atoms with Crippen molar-refractivity contribution < 1.29 is 32.9 Å². The van der Waals surface area contributed by atoms with E-state index in [4.69, 9.17) is 9.05 Å². The summed E-state index contributed by atoms with van der Waals surface area (Å²) in [5, 5.41) is 13.9. The molecule has 0 rings (SSSR count). The zero-order valence-corrected chi connectivity index (χ0v) is 46.9. The van der Waals surface area contributed by atoms with E-state index in [2.05, 4.69) is 104 Å². The lowest BCUT2D eigenvalue weighted by Gasteiger charge is -2.25. The van der Waals surface area contributed by atoms with Crippen LogP contribution in [0, 0.1) is 0 Å². The van der Waals surface area contributed by atoms with Crippen LogP contribution >= 0.6 is 7.82 Å². The van der Waals surface area contributed by atoms with E-state index in [0.717, 1.165) is 77.0 Å². The number of allylic oxidation sites excluding steroid dienone is 15. The number of carbonyl (C=O) groups is 1. The SMILES string of the molecule is CC/C=C\C/C=C\C/C=C\C/C=C\C/C=C\CCCCCCCCCCCCCCCCCC(=O)NC(COP(=O)(O)OCC[N+](C)(C)C)C(O)/C=C/CC/C=C/CC/C=C/CCCCCCCCC. The van der Waals surface area contributed by atoms with Crippen molar-refractivity contribution in [2.75, 3.05) is 40.9 Å². The number of phosphoric acid groups is 1. The number of aliphatic hydroxyl groups excluding tert-OH is 1. The third-order valence-electron chi connectivity index (χ3n) is 12.3. The topological polar surface area (TPSA) is 105 Å². The van der Waals surface area contributed by atoms with E-state index in [9.17, 15) is 19.4 Å². The van der Waals surface area contributed by atoms with Crippen LogP contribution in [0.3, 0.4) is 0 Å². The quantitative estimate of drug-likeness (QED) is 0.0243. The van der Waals surface area contributed by atoms with Gasteiger partial charge in [0.2, 0.25) is 5.91 Å². The van der Waals surface area contributed by atoms with Crippen molar-refractivity contribution in [2.24, 2.45) is 0 Å². The minimum absolute atomic E-state index is 0.0501. The van der Waals surface area contributed by atoms with Crippen molar-refractivity contribution in [3.05, 3.63) is 97.2 Å². The highest BCUT2D eigenvalue weighted by molar-refractivity contribution is 7.47. The Morgan fingerprint density at radius 2 is 0.871 bits per heavy atom. The number of phosphoric ester groups is 1. The summed E-state index contributed by atoms with van der Waals surface area (Å²) in [6, 6.07) is -0.875. The Kier molecular flexibility index (Phi) is 49.4. The molecular formula is C61H110N2O6P+. The first-order chi connectivity index (χ1) is 34.0. The standard InChI is InChI=1S/C61H109N2O6P/c1-6-8-10-12-14-16-18-20-22-24-25-26-27-28-29-30-31-32-33-34-35-36-37-39-41-43-45-47-49-51-53-55-61(65)62-59(58-69-70(66,67)68-57-56-63(3,4)5)60(64)54-52-50-48-46-44-42-40-38-23-21-19-17-15-13-11-9-7-2/h8,10,14,16,20,22-23,25-26,28-29,38,44,46,52,54,59-60,64H,6-7,9,11-13,15,17-19,21,24,27,30-37,39-43,45,47-51,53,55-58H2,1-5H3,(H-,62,65,66,67)/p+1/b10-8-,16-14-,22-20-,26-25-,29-28-,38-23+,46-44+,54-52+. The van der Waals surface area contributed by atoms with Crippen LogP contribution in [0.15, 0.2) is 97.2 Å². The van der Waals surface area contributed by atoms with Crippen LogP contribution in [-0.2, 0) is 18.4 Å². The summed E-state index contributed by atoms with van der Waals surface area (Å²) >= 11 is 0. The van der Waals surface area contributed by atoms with Gasteiger partial charge in [-0.3, -0.25) is 13.8 Å². The summed E-state index contributed by atoms with van der Waals surface area (Å²) in [6.07, 6.45) is 73.7. The number of hydrogen-bond acceptors (Lipinski definition) is 5. The lowest BCUT2D eigenvalue weighted by Crippen LogP contribution is -2.45. The zero-order valence-electron chi connectivity index (χ0n) is 46.0. The number of hydrogen-bond donors (Lipinski definition) is 3. The van der Waals surface area contributed by atoms with Gasteiger partial charge in [-0.2, -0.15) is 0 Å². The van der Waals surface area contributed by atoms with Crippen LogP contribution < -0.4 is 5.32 Å². The molecule has 404 valence electrons. The summed E-state index contributed by atoms with van der Waals surface area (Å²) < 4.78 is 23.7. The molecule has 0 aliphatic carbocycles. The predicted octanol–water partition coefficient (Wildman–Crippen LogP) is 17.4. The highest BCUT2D eigenvalue weighted by Crippen LogP contribution is 2.43. The van der Waals surface area contributed by atoms with Gasteiger partial charge < -0.3 is 19.8 Å². The smallest absolute Gasteiger partial charge is 0.387 e. The lowest BCUT2D eigenvalue weighted by molar-refractivity contribution is -0.870. The normalized spacial score (nSPS) is 14.7. The van der Waals surface area contributed by atoms with Gasteiger partial charge >= 0.3 is 7.82 Å². The Hall–Kier alpha value is -2.58. The number of amides is 1. The molecule has 3 atom stereocenters. The largest absolute Gasteiger partial charge is 0.472 e. The molecule has 8 nitrogen and oxygen atoms in total. The maximum atomic E-state index is 13.0. The summed E-state index contributed by atoms with van der Waals surface area (Å²) in [4.78, 5) is 23.3. The second kappa shape index (κ2) is 51.3. The predicted molar refractivity (Wildman–Crippen MR) is 304 cm³/mol. The molecule has 0 aromatic carbocycles. The molecule has 3 unspecified atom stereocenters. The van der Waals surface area contributed by atoms with Crippen molar-refractivity contribution in [1.29, 1.82) is 0 Å². The van der Waals surface area contributed by atoms with E-state index in [-0.39, 0.29) is 19.1 Å². The fourth-order valence-corrected chi connectivity index (χ4v) is 8.54. The Morgan fingerprint density at radius 1 is 0.500 bits per heavy atom. The van der Waals surface area contributed by atoms with Gasteiger partial charge in [-0.25, -0.2) is 4.57 Å². The molecule has 0 aromatic heterocycles. The van der Waals surface area contributed by atoms with Gasteiger partial charge in [-0.05, 0) is 89.9 Å². The number of likely N-dealkylation sites (N-methyl/N-ethyl adjacent to an activating group) is 1. The minimum Gasteiger partial charge on any atom is -0.387 e. The highest BCUT2D eigenvalue weighted by Gasteiger charge is 2.27. The average molecular weight is 999 g/mol. The average Bonchev–Trinajstić information content (AvgIpc) is 3.32. The van der Waals surface area contributed by atoms with Gasteiger partial charge in [0.05, 0.1) is 39.9 Å². The highest BCUT2D eigenvalue weighted by atomic mass is 31.2. The second-order valence-electron chi connectivity index (χ2n) is 20.3. The van der Waals surface area contributed by atoms with E-state index in [1.807, 2.05) is 27.2 Å².